The highest BCUT2D eigenvalue weighted by atomic mass is 32.2. The third-order valence-electron chi connectivity index (χ3n) is 6.42. The van der Waals surface area contributed by atoms with E-state index in [1.165, 1.54) is 26.8 Å². The maximum absolute atomic E-state index is 15.8. The van der Waals surface area contributed by atoms with E-state index < -0.39 is 69.5 Å². The molecule has 2 aromatic rings. The van der Waals surface area contributed by atoms with Crippen LogP contribution < -0.4 is 5.32 Å². The Labute approximate surface area is 254 Å². The van der Waals surface area contributed by atoms with Gasteiger partial charge in [-0.3, -0.25) is 13.8 Å². The Morgan fingerprint density at radius 2 is 1.77 bits per heavy atom. The molecule has 0 aliphatic heterocycles. The van der Waals surface area contributed by atoms with Crippen molar-refractivity contribution in [3.63, 3.8) is 0 Å². The molecule has 0 saturated carbocycles. The molecule has 13 heteroatoms. The Bertz CT molecular complexity index is 1500. The molecule has 0 spiro atoms. The second kappa shape index (κ2) is 15.4. The maximum atomic E-state index is 15.8. The summed E-state index contributed by atoms with van der Waals surface area (Å²) in [6.45, 7) is 11.6. The molecule has 242 valence electrons. The van der Waals surface area contributed by atoms with Crippen LogP contribution >= 0.6 is 0 Å². The molecule has 0 bridgehead atoms. The largest absolute Gasteiger partial charge is 0.466 e. The van der Waals surface area contributed by atoms with Gasteiger partial charge in [-0.2, -0.15) is 21.6 Å². The van der Waals surface area contributed by atoms with Crippen molar-refractivity contribution in [1.82, 2.24) is 5.32 Å². The molecule has 2 rings (SSSR count). The van der Waals surface area contributed by atoms with Gasteiger partial charge >= 0.3 is 12.1 Å². The fourth-order valence-electron chi connectivity index (χ4n) is 4.70. The van der Waals surface area contributed by atoms with Gasteiger partial charge in [-0.25, -0.2) is 8.78 Å². The molecule has 0 saturated heterocycles. The number of unbranched alkanes of at least 4 members (excludes halogenated alkanes) is 1. The first-order valence-corrected chi connectivity index (χ1v) is 15.5. The van der Waals surface area contributed by atoms with E-state index in [0.717, 1.165) is 12.1 Å². The number of hydrogen-bond acceptors (Lipinski definition) is 6. The normalized spacial score (nSPS) is 13.2. The first kappa shape index (κ1) is 36.6. The van der Waals surface area contributed by atoms with Gasteiger partial charge in [-0.15, -0.1) is 13.2 Å². The highest BCUT2D eigenvalue weighted by Crippen LogP contribution is 2.40. The maximum Gasteiger partial charge on any atom is 0.419 e. The number of rotatable bonds is 15. The number of carbonyl (C=O) groups is 2. The van der Waals surface area contributed by atoms with Crippen LogP contribution in [0.1, 0.15) is 67.8 Å². The number of benzene rings is 2. The molecule has 7 nitrogen and oxygen atoms in total. The minimum atomic E-state index is -5.20. The summed E-state index contributed by atoms with van der Waals surface area (Å²) < 4.78 is 106. The standard InChI is InChI=1S/C31H36F5NO6S/c1-7-9-10-11-20-14-22(32)13-19(5)28(20)21-15-23(29(33)24(16-21)31(34,35)36)25(17-27(38)42-8-2)37-30(39)26(12-18(3)4)43-44(6,40)41/h7,13-16,25-26H,1,3,8-12,17H2,2,4-6H3,(H,37,39)/t25-,26+/m0/s1. The number of ether oxygens (including phenoxy) is 1. The van der Waals surface area contributed by atoms with E-state index in [4.69, 9.17) is 8.92 Å². The van der Waals surface area contributed by atoms with Crippen molar-refractivity contribution in [3.05, 3.63) is 83.0 Å². The SMILES string of the molecule is C=CCCCc1cc(F)cc(C)c1-c1cc([C@H](CC(=O)OCC)NC(=O)[C@@H](CC(=C)C)OS(C)(=O)=O)c(F)c(C(F)(F)F)c1. The van der Waals surface area contributed by atoms with Gasteiger partial charge < -0.3 is 10.1 Å². The Morgan fingerprint density at radius 3 is 2.32 bits per heavy atom. The molecule has 44 heavy (non-hydrogen) atoms. The molecule has 0 heterocycles. The molecule has 1 N–H and O–H groups in total. The van der Waals surface area contributed by atoms with Gasteiger partial charge in [0.2, 0.25) is 0 Å². The second-order valence-corrected chi connectivity index (χ2v) is 12.0. The Morgan fingerprint density at radius 1 is 1.11 bits per heavy atom. The van der Waals surface area contributed by atoms with Crippen molar-refractivity contribution in [1.29, 1.82) is 0 Å². The fraction of sp³-hybridized carbons (Fsp3) is 0.419. The molecule has 2 atom stereocenters. The van der Waals surface area contributed by atoms with Crippen molar-refractivity contribution in [2.75, 3.05) is 12.9 Å². The third-order valence-corrected chi connectivity index (χ3v) is 7.00. The van der Waals surface area contributed by atoms with Crippen LogP contribution in [-0.4, -0.2) is 39.3 Å². The lowest BCUT2D eigenvalue weighted by atomic mass is 9.88. The zero-order valence-electron chi connectivity index (χ0n) is 24.9. The van der Waals surface area contributed by atoms with Gasteiger partial charge in [0.15, 0.2) is 6.10 Å². The van der Waals surface area contributed by atoms with Crippen LogP contribution in [0.5, 0.6) is 0 Å². The van der Waals surface area contributed by atoms with E-state index in [0.29, 0.717) is 36.3 Å². The van der Waals surface area contributed by atoms with E-state index in [1.807, 2.05) is 0 Å². The topological polar surface area (TPSA) is 98.8 Å². The summed E-state index contributed by atoms with van der Waals surface area (Å²) in [5.41, 5.74) is -1.33. The quantitative estimate of drug-likeness (QED) is 0.0745. The van der Waals surface area contributed by atoms with Crippen LogP contribution in [0.25, 0.3) is 11.1 Å². The average Bonchev–Trinajstić information content (AvgIpc) is 2.86. The van der Waals surface area contributed by atoms with Gasteiger partial charge in [0.05, 0.1) is 30.9 Å². The number of hydrogen-bond donors (Lipinski definition) is 1. The van der Waals surface area contributed by atoms with Crippen molar-refractivity contribution < 1.29 is 48.9 Å². The number of nitrogens with one attached hydrogen (secondary N) is 1. The summed E-state index contributed by atoms with van der Waals surface area (Å²) in [4.78, 5) is 25.7. The number of esters is 1. The zero-order valence-corrected chi connectivity index (χ0v) is 25.8. The predicted molar refractivity (Wildman–Crippen MR) is 156 cm³/mol. The second-order valence-electron chi connectivity index (χ2n) is 10.4. The lowest BCUT2D eigenvalue weighted by Crippen LogP contribution is -2.41. The van der Waals surface area contributed by atoms with Gasteiger partial charge in [0, 0.05) is 12.0 Å². The molecular formula is C31H36F5NO6S. The minimum Gasteiger partial charge on any atom is -0.466 e. The fourth-order valence-corrected chi connectivity index (χ4v) is 5.28. The predicted octanol–water partition coefficient (Wildman–Crippen LogP) is 6.89. The van der Waals surface area contributed by atoms with Crippen LogP contribution in [0.2, 0.25) is 0 Å². The molecule has 1 amide bonds. The highest BCUT2D eigenvalue weighted by molar-refractivity contribution is 7.86. The van der Waals surface area contributed by atoms with Crippen LogP contribution in [0.3, 0.4) is 0 Å². The number of allylic oxidation sites excluding steroid dienone is 1. The average molecular weight is 646 g/mol. The van der Waals surface area contributed by atoms with Crippen molar-refractivity contribution in [3.8, 4) is 11.1 Å². The van der Waals surface area contributed by atoms with E-state index >= 15 is 4.39 Å². The van der Waals surface area contributed by atoms with Crippen molar-refractivity contribution >= 4 is 22.0 Å². The summed E-state index contributed by atoms with van der Waals surface area (Å²) in [6.07, 6.45) is -4.36. The van der Waals surface area contributed by atoms with E-state index in [2.05, 4.69) is 18.5 Å². The van der Waals surface area contributed by atoms with Gasteiger partial charge in [-0.05, 0) is 86.6 Å². The summed E-state index contributed by atoms with van der Waals surface area (Å²) in [6, 6.07) is 2.21. The molecule has 0 unspecified atom stereocenters. The minimum absolute atomic E-state index is 0.117. The third kappa shape index (κ3) is 10.5. The van der Waals surface area contributed by atoms with Crippen LogP contribution in [0.15, 0.2) is 49.1 Å². The van der Waals surface area contributed by atoms with E-state index in [9.17, 15) is 35.6 Å². The van der Waals surface area contributed by atoms with Crippen LogP contribution in [-0.2, 0) is 41.2 Å². The van der Waals surface area contributed by atoms with E-state index in [-0.39, 0.29) is 36.1 Å². The molecule has 0 radical (unpaired) electrons. The number of alkyl halides is 3. The lowest BCUT2D eigenvalue weighted by Gasteiger charge is -2.25. The Hall–Kier alpha value is -3.58. The Kier molecular flexibility index (Phi) is 12.8. The lowest BCUT2D eigenvalue weighted by molar-refractivity contribution is -0.144. The molecular weight excluding hydrogens is 609 g/mol. The zero-order chi connectivity index (χ0) is 33.4. The number of carbonyl (C=O) groups excluding carboxylic acids is 2. The monoisotopic (exact) mass is 645 g/mol. The first-order chi connectivity index (χ1) is 20.4. The van der Waals surface area contributed by atoms with Crippen molar-refractivity contribution in [2.24, 2.45) is 0 Å². The van der Waals surface area contributed by atoms with Crippen LogP contribution in [0.4, 0.5) is 22.0 Å². The van der Waals surface area contributed by atoms with Crippen LogP contribution in [0, 0.1) is 18.6 Å². The molecule has 0 aliphatic carbocycles. The molecule has 0 aliphatic rings. The number of amides is 1. The summed E-state index contributed by atoms with van der Waals surface area (Å²) in [5.74, 6) is -4.49. The Balaban J connectivity index is 2.83. The summed E-state index contributed by atoms with van der Waals surface area (Å²) >= 11 is 0. The first-order valence-electron chi connectivity index (χ1n) is 13.7. The molecule has 2 aromatic carbocycles. The number of halogens is 5. The van der Waals surface area contributed by atoms with Gasteiger partial charge in [0.25, 0.3) is 16.0 Å². The smallest absolute Gasteiger partial charge is 0.419 e. The summed E-state index contributed by atoms with van der Waals surface area (Å²) in [5, 5.41) is 2.28. The van der Waals surface area contributed by atoms with Crippen molar-refractivity contribution in [2.45, 2.75) is 71.2 Å². The van der Waals surface area contributed by atoms with Gasteiger partial charge in [0.1, 0.15) is 11.6 Å². The van der Waals surface area contributed by atoms with E-state index in [1.54, 1.807) is 6.08 Å². The highest BCUT2D eigenvalue weighted by Gasteiger charge is 2.38. The molecule has 0 fully saturated rings. The summed E-state index contributed by atoms with van der Waals surface area (Å²) in [7, 11) is -4.20. The van der Waals surface area contributed by atoms with Gasteiger partial charge in [-0.1, -0.05) is 11.6 Å². The molecule has 0 aromatic heterocycles. The number of aryl methyl sites for hydroxylation is 2.